The molecule has 10 nitrogen and oxygen atoms in total. The molecule has 3 amide bonds. The number of non-ortho nitro benzene ring substituents is 1. The number of phenols is 1. The Hall–Kier alpha value is -4.57. The molecule has 3 aromatic rings. The van der Waals surface area contributed by atoms with E-state index in [2.05, 4.69) is 10.6 Å². The Kier molecular flexibility index (Phi) is 4.93. The molecule has 186 valence electrons. The second-order valence-electron chi connectivity index (χ2n) is 9.67. The molecule has 37 heavy (non-hydrogen) atoms. The van der Waals surface area contributed by atoms with Gasteiger partial charge in [0.2, 0.25) is 17.7 Å². The fourth-order valence-corrected chi connectivity index (χ4v) is 6.06. The lowest BCUT2D eigenvalue weighted by Gasteiger charge is -2.30. The van der Waals surface area contributed by atoms with Gasteiger partial charge < -0.3 is 10.4 Å². The first kappa shape index (κ1) is 22.9. The topological polar surface area (TPSA) is 142 Å². The molecule has 0 unspecified atom stereocenters. The summed E-state index contributed by atoms with van der Waals surface area (Å²) < 4.78 is 0. The van der Waals surface area contributed by atoms with E-state index in [0.29, 0.717) is 23.2 Å². The summed E-state index contributed by atoms with van der Waals surface area (Å²) in [5.74, 6) is -3.15. The smallest absolute Gasteiger partial charge is 0.269 e. The number of benzene rings is 3. The van der Waals surface area contributed by atoms with Crippen LogP contribution in [0.2, 0.25) is 0 Å². The van der Waals surface area contributed by atoms with Crippen LogP contribution in [0.5, 0.6) is 5.75 Å². The average molecular weight is 498 g/mol. The van der Waals surface area contributed by atoms with Crippen molar-refractivity contribution in [2.45, 2.75) is 24.9 Å². The molecule has 3 heterocycles. The maximum Gasteiger partial charge on any atom is 0.269 e. The Labute approximate surface area is 211 Å². The second kappa shape index (κ2) is 7.97. The lowest BCUT2D eigenvalue weighted by Crippen LogP contribution is -2.53. The standard InChI is InChI=1S/C27H22N4O6/c1-14-12-16(31(36)37)8-11-21(14)30-24(33)22-20(13-15-6-9-17(32)10-7-15)29-27(23(22)25(30)34)18-4-2-3-5-19(18)28-26(27)35/h2-12,20,22-23,29,32H,13H2,1H3,(H,28,35)/t20-,22+,23-,27+/m0/s1. The zero-order valence-electron chi connectivity index (χ0n) is 19.7. The van der Waals surface area contributed by atoms with Crippen molar-refractivity contribution in [3.63, 3.8) is 0 Å². The number of carbonyl (C=O) groups excluding carboxylic acids is 3. The lowest BCUT2D eigenvalue weighted by atomic mass is 9.76. The van der Waals surface area contributed by atoms with E-state index in [9.17, 15) is 29.6 Å². The minimum absolute atomic E-state index is 0.105. The second-order valence-corrected chi connectivity index (χ2v) is 9.67. The Bertz CT molecular complexity index is 1500. The van der Waals surface area contributed by atoms with Crippen LogP contribution in [0.3, 0.4) is 0 Å². The van der Waals surface area contributed by atoms with Crippen LogP contribution in [0.4, 0.5) is 17.1 Å². The number of nitrogens with one attached hydrogen (secondary N) is 2. The number of hydrogen-bond acceptors (Lipinski definition) is 7. The Morgan fingerprint density at radius 2 is 1.76 bits per heavy atom. The number of fused-ring (bicyclic) bond motifs is 4. The molecule has 2 saturated heterocycles. The molecule has 10 heteroatoms. The van der Waals surface area contributed by atoms with Crippen LogP contribution in [0, 0.1) is 28.9 Å². The monoisotopic (exact) mass is 498 g/mol. The lowest BCUT2D eigenvalue weighted by molar-refractivity contribution is -0.384. The summed E-state index contributed by atoms with van der Waals surface area (Å²) >= 11 is 0. The van der Waals surface area contributed by atoms with Gasteiger partial charge in [0, 0.05) is 29.4 Å². The zero-order valence-corrected chi connectivity index (χ0v) is 19.7. The van der Waals surface area contributed by atoms with E-state index in [1.54, 1.807) is 55.5 Å². The van der Waals surface area contributed by atoms with Gasteiger partial charge in [-0.25, -0.2) is 4.90 Å². The van der Waals surface area contributed by atoms with Gasteiger partial charge in [-0.15, -0.1) is 0 Å². The maximum atomic E-state index is 14.0. The molecular weight excluding hydrogens is 476 g/mol. The van der Waals surface area contributed by atoms with Gasteiger partial charge >= 0.3 is 0 Å². The third-order valence-corrected chi connectivity index (χ3v) is 7.65. The summed E-state index contributed by atoms with van der Waals surface area (Å²) in [6, 6.07) is 17.1. The molecule has 0 aliphatic carbocycles. The van der Waals surface area contributed by atoms with Crippen LogP contribution < -0.4 is 15.5 Å². The molecule has 3 aromatic carbocycles. The van der Waals surface area contributed by atoms with E-state index in [4.69, 9.17) is 0 Å². The van der Waals surface area contributed by atoms with Crippen molar-refractivity contribution >= 4 is 34.8 Å². The van der Waals surface area contributed by atoms with Gasteiger partial charge in [-0.3, -0.25) is 29.8 Å². The Balaban J connectivity index is 1.48. The predicted octanol–water partition coefficient (Wildman–Crippen LogP) is 2.78. The van der Waals surface area contributed by atoms with E-state index in [1.165, 1.54) is 18.2 Å². The number of nitro groups is 1. The minimum atomic E-state index is -1.45. The number of nitrogens with zero attached hydrogens (tertiary/aromatic N) is 2. The summed E-state index contributed by atoms with van der Waals surface area (Å²) in [6.07, 6.45) is 0.338. The highest BCUT2D eigenvalue weighted by molar-refractivity contribution is 6.26. The van der Waals surface area contributed by atoms with Gasteiger partial charge in [0.15, 0.2) is 0 Å². The molecule has 0 bridgehead atoms. The number of aryl methyl sites for hydroxylation is 1. The molecule has 0 saturated carbocycles. The quantitative estimate of drug-likeness (QED) is 0.285. The fraction of sp³-hybridized carbons (Fsp3) is 0.222. The summed E-state index contributed by atoms with van der Waals surface area (Å²) in [7, 11) is 0. The largest absolute Gasteiger partial charge is 0.508 e. The number of para-hydroxylation sites is 1. The van der Waals surface area contributed by atoms with Crippen LogP contribution in [0.1, 0.15) is 16.7 Å². The molecule has 3 aliphatic rings. The summed E-state index contributed by atoms with van der Waals surface area (Å²) in [6.45, 7) is 1.61. The number of rotatable bonds is 4. The molecule has 0 radical (unpaired) electrons. The third kappa shape index (κ3) is 3.19. The number of nitro benzene ring substituents is 1. The van der Waals surface area contributed by atoms with Gasteiger partial charge in [0.1, 0.15) is 11.3 Å². The number of aromatic hydroxyl groups is 1. The average Bonchev–Trinajstić information content (AvgIpc) is 3.45. The number of phenolic OH excluding ortho intramolecular Hbond substituents is 1. The van der Waals surface area contributed by atoms with Crippen LogP contribution in [-0.4, -0.2) is 33.8 Å². The number of imide groups is 1. The zero-order chi connectivity index (χ0) is 26.1. The Morgan fingerprint density at radius 1 is 1.03 bits per heavy atom. The first-order valence-electron chi connectivity index (χ1n) is 11.8. The molecular formula is C27H22N4O6. The molecule has 3 aliphatic heterocycles. The molecule has 1 spiro atoms. The number of hydrogen-bond donors (Lipinski definition) is 3. The van der Waals surface area contributed by atoms with Crippen molar-refractivity contribution < 1.29 is 24.4 Å². The number of carbonyl (C=O) groups is 3. The highest BCUT2D eigenvalue weighted by Crippen LogP contribution is 2.54. The van der Waals surface area contributed by atoms with Crippen molar-refractivity contribution in [1.82, 2.24) is 5.32 Å². The summed E-state index contributed by atoms with van der Waals surface area (Å²) in [5.41, 5.74) is 1.08. The van der Waals surface area contributed by atoms with Crippen LogP contribution in [0.25, 0.3) is 0 Å². The van der Waals surface area contributed by atoms with Crippen molar-refractivity contribution in [2.75, 3.05) is 10.2 Å². The highest BCUT2D eigenvalue weighted by atomic mass is 16.6. The van der Waals surface area contributed by atoms with Gasteiger partial charge in [0.05, 0.1) is 22.4 Å². The third-order valence-electron chi connectivity index (χ3n) is 7.65. The Morgan fingerprint density at radius 3 is 2.46 bits per heavy atom. The van der Waals surface area contributed by atoms with Gasteiger partial charge in [0.25, 0.3) is 5.69 Å². The summed E-state index contributed by atoms with van der Waals surface area (Å²) in [5, 5.41) is 27.1. The van der Waals surface area contributed by atoms with Crippen molar-refractivity contribution in [1.29, 1.82) is 0 Å². The predicted molar refractivity (Wildman–Crippen MR) is 133 cm³/mol. The molecule has 2 fully saturated rings. The molecule has 6 rings (SSSR count). The molecule has 0 aromatic heterocycles. The SMILES string of the molecule is Cc1cc([N+](=O)[O-])ccc1N1C(=O)[C@@H]2[C@H](Cc3ccc(O)cc3)N[C@@]3(C(=O)Nc4ccccc43)[C@@H]2C1=O. The fourth-order valence-electron chi connectivity index (χ4n) is 6.06. The van der Waals surface area contributed by atoms with E-state index in [0.717, 1.165) is 10.5 Å². The summed E-state index contributed by atoms with van der Waals surface area (Å²) in [4.78, 5) is 53.3. The van der Waals surface area contributed by atoms with Gasteiger partial charge in [-0.1, -0.05) is 30.3 Å². The van der Waals surface area contributed by atoms with Gasteiger partial charge in [-0.05, 0) is 48.7 Å². The molecule has 4 atom stereocenters. The van der Waals surface area contributed by atoms with E-state index >= 15 is 0 Å². The van der Waals surface area contributed by atoms with Gasteiger partial charge in [-0.2, -0.15) is 0 Å². The van der Waals surface area contributed by atoms with Crippen molar-refractivity contribution in [3.05, 3.63) is 93.5 Å². The van der Waals surface area contributed by atoms with Crippen LogP contribution >= 0.6 is 0 Å². The van der Waals surface area contributed by atoms with E-state index in [1.807, 2.05) is 0 Å². The number of anilines is 2. The van der Waals surface area contributed by atoms with E-state index in [-0.39, 0.29) is 17.1 Å². The maximum absolute atomic E-state index is 14.0. The first-order chi connectivity index (χ1) is 17.7. The van der Waals surface area contributed by atoms with Crippen LogP contribution in [0.15, 0.2) is 66.7 Å². The first-order valence-corrected chi connectivity index (χ1v) is 11.8. The molecule has 3 N–H and O–H groups in total. The number of amides is 3. The van der Waals surface area contributed by atoms with E-state index < -0.39 is 46.1 Å². The highest BCUT2D eigenvalue weighted by Gasteiger charge is 2.70. The normalized spacial score (nSPS) is 25.9. The van der Waals surface area contributed by atoms with Crippen molar-refractivity contribution in [3.8, 4) is 5.75 Å². The van der Waals surface area contributed by atoms with Crippen LogP contribution in [-0.2, 0) is 26.3 Å². The minimum Gasteiger partial charge on any atom is -0.508 e. The van der Waals surface area contributed by atoms with Crippen molar-refractivity contribution in [2.24, 2.45) is 11.8 Å².